The molecule has 0 saturated heterocycles. The minimum absolute atomic E-state index is 0.201. The molecule has 0 amide bonds. The summed E-state index contributed by atoms with van der Waals surface area (Å²) in [5, 5.41) is 19.7. The van der Waals surface area contributed by atoms with Gasteiger partial charge in [-0.2, -0.15) is 0 Å². The standard InChI is InChI=1S/C20H24N2O2.Mn.N/c1-19(2,21-13-15-9-5-7-11-17(15)23)20(3,4)22-14-16-10-6-8-12-18(16)24;;/h5-14,23-24H,1-4H3;;. The molecular formula is C20H24MnN3O2. The molecule has 26 heavy (non-hydrogen) atoms. The molecule has 0 heterocycles. The second kappa shape index (κ2) is 9.35. The van der Waals surface area contributed by atoms with Gasteiger partial charge in [0.2, 0.25) is 0 Å². The summed E-state index contributed by atoms with van der Waals surface area (Å²) in [6.07, 6.45) is 3.35. The van der Waals surface area contributed by atoms with E-state index in [9.17, 15) is 10.2 Å². The van der Waals surface area contributed by atoms with Crippen LogP contribution < -0.4 is 0 Å². The number of benzene rings is 2. The Bertz CT molecular complexity index is 746. The Hall–Kier alpha value is -2.39. The summed E-state index contributed by atoms with van der Waals surface area (Å²) in [4.78, 5) is 9.26. The zero-order chi connectivity index (χ0) is 19.8. The molecule has 0 bridgehead atoms. The van der Waals surface area contributed by atoms with E-state index in [1.165, 1.54) is 0 Å². The number of hydrogen-bond acceptors (Lipinski definition) is 5. The van der Waals surface area contributed by atoms with Gasteiger partial charge in [-0.05, 0) is 52.0 Å². The number of para-hydroxylation sites is 2. The molecule has 0 saturated carbocycles. The van der Waals surface area contributed by atoms with Crippen LogP contribution in [0, 0.1) is 4.20 Å². The molecular weight excluding hydrogens is 369 g/mol. The first-order chi connectivity index (χ1) is 12.2. The van der Waals surface area contributed by atoms with Crippen LogP contribution in [0.15, 0.2) is 58.5 Å². The summed E-state index contributed by atoms with van der Waals surface area (Å²) in [6.45, 7) is 7.97. The second-order valence-corrected chi connectivity index (χ2v) is 6.75. The number of hydrogen-bond donors (Lipinski definition) is 2. The van der Waals surface area contributed by atoms with E-state index in [0.29, 0.717) is 11.1 Å². The van der Waals surface area contributed by atoms with Gasteiger partial charge in [0.15, 0.2) is 0 Å². The van der Waals surface area contributed by atoms with Crippen molar-refractivity contribution in [3.05, 3.63) is 59.7 Å². The molecule has 0 radical (unpaired) electrons. The molecule has 5 nitrogen and oxygen atoms in total. The van der Waals surface area contributed by atoms with Crippen molar-refractivity contribution in [3.63, 3.8) is 0 Å². The van der Waals surface area contributed by atoms with Crippen LogP contribution in [0.2, 0.25) is 0 Å². The summed E-state index contributed by atoms with van der Waals surface area (Å²) in [5.41, 5.74) is 0.337. The molecule has 0 unspecified atom stereocenters. The van der Waals surface area contributed by atoms with E-state index >= 15 is 0 Å². The fourth-order valence-electron chi connectivity index (χ4n) is 1.97. The summed E-state index contributed by atoms with van der Waals surface area (Å²) in [6, 6.07) is 14.2. The van der Waals surface area contributed by atoms with E-state index in [1.54, 1.807) is 36.7 Å². The Morgan fingerprint density at radius 3 is 1.35 bits per heavy atom. The molecule has 2 aromatic rings. The first kappa shape index (κ1) is 21.7. The number of aliphatic imine (C=N–C) groups is 2. The van der Waals surface area contributed by atoms with Crippen molar-refractivity contribution in [2.24, 2.45) is 9.98 Å². The van der Waals surface area contributed by atoms with Crippen molar-refractivity contribution in [1.82, 2.24) is 0 Å². The molecule has 0 aliphatic heterocycles. The normalized spacial score (nSPS) is 12.1. The maximum atomic E-state index is 9.84. The Morgan fingerprint density at radius 1 is 0.731 bits per heavy atom. The van der Waals surface area contributed by atoms with Crippen LogP contribution in [-0.2, 0) is 15.6 Å². The first-order valence-electron chi connectivity index (χ1n) is 8.06. The van der Waals surface area contributed by atoms with Crippen LogP contribution in [0.25, 0.3) is 0 Å². The van der Waals surface area contributed by atoms with Crippen molar-refractivity contribution in [1.29, 1.82) is 4.20 Å². The predicted molar refractivity (Wildman–Crippen MR) is 101 cm³/mol. The van der Waals surface area contributed by atoms with Crippen molar-refractivity contribution in [3.8, 4) is 11.5 Å². The van der Waals surface area contributed by atoms with E-state index in [1.807, 2.05) is 67.6 Å². The van der Waals surface area contributed by atoms with Gasteiger partial charge in [-0.15, -0.1) is 0 Å². The van der Waals surface area contributed by atoms with Crippen LogP contribution in [0.5, 0.6) is 11.5 Å². The molecule has 2 rings (SSSR count). The van der Waals surface area contributed by atoms with Crippen molar-refractivity contribution in [2.75, 3.05) is 0 Å². The van der Waals surface area contributed by atoms with Gasteiger partial charge in [-0.25, -0.2) is 0 Å². The number of phenolic OH excluding ortho intramolecular Hbond substituents is 2. The third kappa shape index (κ3) is 5.57. The molecule has 138 valence electrons. The van der Waals surface area contributed by atoms with Crippen molar-refractivity contribution in [2.45, 2.75) is 38.8 Å². The molecule has 0 spiro atoms. The third-order valence-electron chi connectivity index (χ3n) is 4.42. The van der Waals surface area contributed by atoms with Crippen LogP contribution in [0.1, 0.15) is 38.8 Å². The van der Waals surface area contributed by atoms with E-state index in [-0.39, 0.29) is 11.5 Å². The van der Waals surface area contributed by atoms with Crippen LogP contribution in [-0.4, -0.2) is 33.7 Å². The van der Waals surface area contributed by atoms with Crippen LogP contribution in [0.3, 0.4) is 0 Å². The van der Waals surface area contributed by atoms with Crippen LogP contribution in [0.4, 0.5) is 0 Å². The Balaban J connectivity index is 0.00000163. The SMILES string of the molecule is CC(C)(N=Cc1ccccc1O)C(C)(C)N=Cc1ccccc1O.[N]#[Mn]. The van der Waals surface area contributed by atoms with Gasteiger partial charge in [0.05, 0.1) is 11.1 Å². The Morgan fingerprint density at radius 2 is 1.04 bits per heavy atom. The summed E-state index contributed by atoms with van der Waals surface area (Å²) < 4.78 is 6.81. The molecule has 2 aromatic carbocycles. The maximum absolute atomic E-state index is 9.84. The third-order valence-corrected chi connectivity index (χ3v) is 4.42. The summed E-state index contributed by atoms with van der Waals surface area (Å²) >= 11 is 1.94. The van der Waals surface area contributed by atoms with E-state index in [0.717, 1.165) is 0 Å². The number of aromatic hydroxyl groups is 2. The minimum atomic E-state index is -0.504. The Labute approximate surface area is 162 Å². The summed E-state index contributed by atoms with van der Waals surface area (Å²) in [7, 11) is 0. The van der Waals surface area contributed by atoms with E-state index in [4.69, 9.17) is 4.20 Å². The van der Waals surface area contributed by atoms with Gasteiger partial charge in [0.25, 0.3) is 0 Å². The van der Waals surface area contributed by atoms with Gasteiger partial charge >= 0.3 is 19.8 Å². The van der Waals surface area contributed by atoms with E-state index in [2.05, 4.69) is 9.98 Å². The molecule has 0 atom stereocenters. The molecule has 0 aliphatic rings. The molecule has 6 heteroatoms. The molecule has 0 fully saturated rings. The number of rotatable bonds is 5. The molecule has 0 aliphatic carbocycles. The molecule has 2 N–H and O–H groups in total. The van der Waals surface area contributed by atoms with Gasteiger partial charge < -0.3 is 10.2 Å². The zero-order valence-electron chi connectivity index (χ0n) is 15.4. The number of nitrogens with zero attached hydrogens (tertiary/aromatic N) is 3. The average Bonchev–Trinajstić information content (AvgIpc) is 2.62. The number of phenols is 2. The zero-order valence-corrected chi connectivity index (χ0v) is 16.6. The Kier molecular flexibility index (Phi) is 7.78. The van der Waals surface area contributed by atoms with E-state index < -0.39 is 11.1 Å². The van der Waals surface area contributed by atoms with Gasteiger partial charge in [-0.1, -0.05) is 24.3 Å². The second-order valence-electron chi connectivity index (χ2n) is 6.75. The molecule has 0 aromatic heterocycles. The summed E-state index contributed by atoms with van der Waals surface area (Å²) in [5.74, 6) is 0.403. The quantitative estimate of drug-likeness (QED) is 0.589. The fourth-order valence-corrected chi connectivity index (χ4v) is 1.97. The predicted octanol–water partition coefficient (Wildman–Crippen LogP) is 4.21. The van der Waals surface area contributed by atoms with Crippen molar-refractivity contribution < 1.29 is 25.9 Å². The topological polar surface area (TPSA) is 89.0 Å². The first-order valence-corrected chi connectivity index (χ1v) is 8.59. The monoisotopic (exact) mass is 393 g/mol. The van der Waals surface area contributed by atoms with Crippen LogP contribution >= 0.6 is 0 Å². The van der Waals surface area contributed by atoms with Gasteiger partial charge in [-0.3, -0.25) is 9.98 Å². The van der Waals surface area contributed by atoms with Gasteiger partial charge in [0.1, 0.15) is 11.5 Å². The van der Waals surface area contributed by atoms with Gasteiger partial charge in [0, 0.05) is 23.6 Å². The fraction of sp³-hybridized carbons (Fsp3) is 0.300. The van der Waals surface area contributed by atoms with Crippen molar-refractivity contribution >= 4 is 12.4 Å². The average molecular weight is 393 g/mol.